The number of hydrogen-bond acceptors (Lipinski definition) is 5. The van der Waals surface area contributed by atoms with Crippen molar-refractivity contribution in [1.29, 1.82) is 0 Å². The van der Waals surface area contributed by atoms with Gasteiger partial charge in [0, 0.05) is 16.8 Å². The van der Waals surface area contributed by atoms with E-state index in [2.05, 4.69) is 20.6 Å². The van der Waals surface area contributed by atoms with Gasteiger partial charge >= 0.3 is 0 Å². The number of halogens is 2. The van der Waals surface area contributed by atoms with Crippen LogP contribution in [0.25, 0.3) is 0 Å². The van der Waals surface area contributed by atoms with Crippen LogP contribution in [0.1, 0.15) is 5.82 Å². The van der Waals surface area contributed by atoms with E-state index in [-0.39, 0.29) is 0 Å². The van der Waals surface area contributed by atoms with Gasteiger partial charge in [-0.05, 0) is 49.4 Å². The standard InChI is InChI=1S/C18H16Cl2N4O/c1-11-21-17(23-13-4-6-14(25-2)7-5-13)10-18(22-11)24-16-9-12(19)3-8-15(16)20/h3-10H,1-2H3,(H2,21,22,23,24). The van der Waals surface area contributed by atoms with Crippen molar-refractivity contribution < 1.29 is 4.74 Å². The first kappa shape index (κ1) is 17.3. The molecule has 0 unspecified atom stereocenters. The smallest absolute Gasteiger partial charge is 0.136 e. The van der Waals surface area contributed by atoms with Crippen molar-refractivity contribution in [3.05, 3.63) is 64.4 Å². The van der Waals surface area contributed by atoms with Crippen LogP contribution in [0.5, 0.6) is 5.75 Å². The Morgan fingerprint density at radius 2 is 1.56 bits per heavy atom. The minimum Gasteiger partial charge on any atom is -0.497 e. The van der Waals surface area contributed by atoms with Gasteiger partial charge in [0.05, 0.1) is 17.8 Å². The van der Waals surface area contributed by atoms with E-state index in [4.69, 9.17) is 27.9 Å². The summed E-state index contributed by atoms with van der Waals surface area (Å²) >= 11 is 12.2. The largest absolute Gasteiger partial charge is 0.497 e. The summed E-state index contributed by atoms with van der Waals surface area (Å²) in [7, 11) is 1.63. The summed E-state index contributed by atoms with van der Waals surface area (Å²) in [5.41, 5.74) is 1.58. The monoisotopic (exact) mass is 374 g/mol. The number of benzene rings is 2. The summed E-state index contributed by atoms with van der Waals surface area (Å²) in [4.78, 5) is 8.79. The van der Waals surface area contributed by atoms with E-state index in [0.717, 1.165) is 11.4 Å². The first-order valence-electron chi connectivity index (χ1n) is 7.52. The molecule has 0 spiro atoms. The molecular formula is C18H16Cl2N4O. The van der Waals surface area contributed by atoms with Crippen molar-refractivity contribution in [2.24, 2.45) is 0 Å². The number of nitrogens with zero attached hydrogens (tertiary/aromatic N) is 2. The van der Waals surface area contributed by atoms with Crippen molar-refractivity contribution in [3.8, 4) is 5.75 Å². The molecule has 25 heavy (non-hydrogen) atoms. The Bertz CT molecular complexity index is 885. The summed E-state index contributed by atoms with van der Waals surface area (Å²) in [6.07, 6.45) is 0. The summed E-state index contributed by atoms with van der Waals surface area (Å²) in [6.45, 7) is 1.82. The summed E-state index contributed by atoms with van der Waals surface area (Å²) in [5.74, 6) is 2.70. The molecule has 2 N–H and O–H groups in total. The molecule has 0 fully saturated rings. The summed E-state index contributed by atoms with van der Waals surface area (Å²) < 4.78 is 5.16. The second-order valence-electron chi connectivity index (χ2n) is 5.29. The number of hydrogen-bond donors (Lipinski definition) is 2. The van der Waals surface area contributed by atoms with Crippen molar-refractivity contribution in [3.63, 3.8) is 0 Å². The average molecular weight is 375 g/mol. The molecule has 0 saturated heterocycles. The fraction of sp³-hybridized carbons (Fsp3) is 0.111. The Hall–Kier alpha value is -2.50. The third-order valence-electron chi connectivity index (χ3n) is 3.39. The number of aromatic nitrogens is 2. The highest BCUT2D eigenvalue weighted by Crippen LogP contribution is 2.29. The molecule has 0 amide bonds. The molecule has 3 rings (SSSR count). The highest BCUT2D eigenvalue weighted by Gasteiger charge is 2.06. The SMILES string of the molecule is COc1ccc(Nc2cc(Nc3cc(Cl)ccc3Cl)nc(C)n2)cc1. The van der Waals surface area contributed by atoms with Crippen LogP contribution in [0.15, 0.2) is 48.5 Å². The van der Waals surface area contributed by atoms with Gasteiger partial charge in [-0.1, -0.05) is 23.2 Å². The van der Waals surface area contributed by atoms with E-state index in [1.54, 1.807) is 31.4 Å². The van der Waals surface area contributed by atoms with E-state index in [9.17, 15) is 0 Å². The lowest BCUT2D eigenvalue weighted by Crippen LogP contribution is -2.01. The van der Waals surface area contributed by atoms with E-state index >= 15 is 0 Å². The van der Waals surface area contributed by atoms with Crippen molar-refractivity contribution in [2.75, 3.05) is 17.7 Å². The minimum atomic E-state index is 0.560. The van der Waals surface area contributed by atoms with Gasteiger partial charge in [-0.3, -0.25) is 0 Å². The number of anilines is 4. The van der Waals surface area contributed by atoms with Gasteiger partial charge in [0.2, 0.25) is 0 Å². The van der Waals surface area contributed by atoms with E-state index in [1.807, 2.05) is 31.2 Å². The predicted octanol–water partition coefficient (Wildman–Crippen LogP) is 5.59. The van der Waals surface area contributed by atoms with Gasteiger partial charge in [0.15, 0.2) is 0 Å². The molecule has 0 aliphatic carbocycles. The van der Waals surface area contributed by atoms with Gasteiger partial charge in [-0.2, -0.15) is 0 Å². The third-order valence-corrected chi connectivity index (χ3v) is 3.96. The molecule has 1 aromatic heterocycles. The Labute approximate surface area is 156 Å². The summed E-state index contributed by atoms with van der Waals surface area (Å²) in [5, 5.41) is 7.57. The second-order valence-corrected chi connectivity index (χ2v) is 6.13. The van der Waals surface area contributed by atoms with Gasteiger partial charge in [0.1, 0.15) is 23.2 Å². The molecule has 2 aromatic carbocycles. The summed E-state index contributed by atoms with van der Waals surface area (Å²) in [6, 6.07) is 14.6. The Morgan fingerprint density at radius 1 is 0.880 bits per heavy atom. The van der Waals surface area contributed by atoms with Gasteiger partial charge in [0.25, 0.3) is 0 Å². The zero-order valence-electron chi connectivity index (χ0n) is 13.7. The van der Waals surface area contributed by atoms with Crippen LogP contribution in [-0.4, -0.2) is 17.1 Å². The Balaban J connectivity index is 1.83. The average Bonchev–Trinajstić information content (AvgIpc) is 2.58. The maximum Gasteiger partial charge on any atom is 0.136 e. The third kappa shape index (κ3) is 4.53. The molecule has 0 bridgehead atoms. The maximum absolute atomic E-state index is 6.19. The van der Waals surface area contributed by atoms with Gasteiger partial charge in [-0.15, -0.1) is 0 Å². The fourth-order valence-corrected chi connectivity index (χ4v) is 2.59. The van der Waals surface area contributed by atoms with E-state index < -0.39 is 0 Å². The van der Waals surface area contributed by atoms with Gasteiger partial charge < -0.3 is 15.4 Å². The molecule has 7 heteroatoms. The van der Waals surface area contributed by atoms with Crippen molar-refractivity contribution >= 4 is 46.2 Å². The van der Waals surface area contributed by atoms with Crippen LogP contribution in [-0.2, 0) is 0 Å². The molecule has 3 aromatic rings. The normalized spacial score (nSPS) is 10.4. The Kier molecular flexibility index (Phi) is 5.26. The van der Waals surface area contributed by atoms with Crippen LogP contribution in [0.4, 0.5) is 23.0 Å². The van der Waals surface area contributed by atoms with Crippen LogP contribution in [0, 0.1) is 6.92 Å². The maximum atomic E-state index is 6.19. The predicted molar refractivity (Wildman–Crippen MR) is 103 cm³/mol. The second kappa shape index (κ2) is 7.59. The molecule has 0 saturated carbocycles. The molecule has 1 heterocycles. The number of rotatable bonds is 5. The topological polar surface area (TPSA) is 59.1 Å². The van der Waals surface area contributed by atoms with Crippen molar-refractivity contribution in [1.82, 2.24) is 9.97 Å². The first-order chi connectivity index (χ1) is 12.0. The first-order valence-corrected chi connectivity index (χ1v) is 8.28. The molecular weight excluding hydrogens is 359 g/mol. The van der Waals surface area contributed by atoms with E-state index in [0.29, 0.717) is 33.2 Å². The van der Waals surface area contributed by atoms with Crippen LogP contribution < -0.4 is 15.4 Å². The van der Waals surface area contributed by atoms with Gasteiger partial charge in [-0.25, -0.2) is 9.97 Å². The number of methoxy groups -OCH3 is 1. The number of aryl methyl sites for hydroxylation is 1. The van der Waals surface area contributed by atoms with E-state index in [1.165, 1.54) is 0 Å². The lowest BCUT2D eigenvalue weighted by atomic mass is 10.3. The molecule has 0 radical (unpaired) electrons. The highest BCUT2D eigenvalue weighted by molar-refractivity contribution is 6.35. The molecule has 128 valence electrons. The molecule has 0 aliphatic heterocycles. The Morgan fingerprint density at radius 3 is 2.24 bits per heavy atom. The highest BCUT2D eigenvalue weighted by atomic mass is 35.5. The molecule has 0 aliphatic rings. The van der Waals surface area contributed by atoms with Crippen LogP contribution in [0.2, 0.25) is 10.0 Å². The number of nitrogens with one attached hydrogen (secondary N) is 2. The van der Waals surface area contributed by atoms with Crippen LogP contribution >= 0.6 is 23.2 Å². The lowest BCUT2D eigenvalue weighted by Gasteiger charge is -2.12. The zero-order valence-corrected chi connectivity index (χ0v) is 15.2. The molecule has 0 atom stereocenters. The van der Waals surface area contributed by atoms with Crippen LogP contribution in [0.3, 0.4) is 0 Å². The minimum absolute atomic E-state index is 0.560. The molecule has 5 nitrogen and oxygen atoms in total. The van der Waals surface area contributed by atoms with Crippen molar-refractivity contribution in [2.45, 2.75) is 6.92 Å². The fourth-order valence-electron chi connectivity index (χ4n) is 2.25. The lowest BCUT2D eigenvalue weighted by molar-refractivity contribution is 0.415. The zero-order chi connectivity index (χ0) is 17.8. The number of ether oxygens (including phenoxy) is 1. The quantitative estimate of drug-likeness (QED) is 0.609.